The third-order valence-corrected chi connectivity index (χ3v) is 3.62. The molecule has 1 unspecified atom stereocenters. The van der Waals surface area contributed by atoms with Crippen LogP contribution in [0, 0.1) is 5.92 Å². The maximum atomic E-state index is 12.1. The van der Waals surface area contributed by atoms with Crippen LogP contribution < -0.4 is 5.32 Å². The molecule has 1 rings (SSSR count). The van der Waals surface area contributed by atoms with Gasteiger partial charge in [-0.1, -0.05) is 13.8 Å². The van der Waals surface area contributed by atoms with Crippen molar-refractivity contribution in [3.05, 3.63) is 28.5 Å². The Morgan fingerprint density at radius 2 is 2.11 bits per heavy atom. The minimum absolute atomic E-state index is 0.0111. The number of pyridine rings is 1. The predicted octanol–water partition coefficient (Wildman–Crippen LogP) is 2.46. The van der Waals surface area contributed by atoms with Gasteiger partial charge in [-0.05, 0) is 40.9 Å². The molecule has 0 radical (unpaired) electrons. The number of carbonyl (C=O) groups excluding carboxylic acids is 1. The number of carbonyl (C=O) groups is 2. The molecule has 1 aromatic rings. The molecule has 19 heavy (non-hydrogen) atoms. The van der Waals surface area contributed by atoms with E-state index in [1.165, 1.54) is 6.20 Å². The van der Waals surface area contributed by atoms with E-state index in [1.807, 2.05) is 13.8 Å². The van der Waals surface area contributed by atoms with Crippen molar-refractivity contribution in [3.8, 4) is 0 Å². The van der Waals surface area contributed by atoms with Crippen LogP contribution >= 0.6 is 15.9 Å². The van der Waals surface area contributed by atoms with E-state index in [0.717, 1.165) is 4.47 Å². The first-order valence-corrected chi connectivity index (χ1v) is 6.70. The summed E-state index contributed by atoms with van der Waals surface area (Å²) < 4.78 is 0.779. The first kappa shape index (κ1) is 15.6. The summed E-state index contributed by atoms with van der Waals surface area (Å²) in [6.07, 6.45) is 1.39. The van der Waals surface area contributed by atoms with Crippen molar-refractivity contribution >= 4 is 27.8 Å². The average Bonchev–Trinajstić information content (AvgIpc) is 2.28. The minimum atomic E-state index is -0.944. The second-order valence-corrected chi connectivity index (χ2v) is 5.87. The van der Waals surface area contributed by atoms with Gasteiger partial charge in [0.15, 0.2) is 0 Å². The molecule has 0 saturated heterocycles. The smallest absolute Gasteiger partial charge is 0.305 e. The lowest BCUT2D eigenvalue weighted by atomic mass is 9.85. The van der Waals surface area contributed by atoms with Crippen molar-refractivity contribution in [1.29, 1.82) is 0 Å². The lowest BCUT2D eigenvalue weighted by molar-refractivity contribution is -0.138. The zero-order chi connectivity index (χ0) is 14.6. The number of nitrogens with one attached hydrogen (secondary N) is 1. The summed E-state index contributed by atoms with van der Waals surface area (Å²) in [7, 11) is 0. The number of aliphatic carboxylic acids is 1. The Morgan fingerprint density at radius 3 is 2.53 bits per heavy atom. The first-order chi connectivity index (χ1) is 8.74. The van der Waals surface area contributed by atoms with Crippen molar-refractivity contribution in [2.45, 2.75) is 32.7 Å². The third kappa shape index (κ3) is 4.31. The van der Waals surface area contributed by atoms with Crippen LogP contribution in [0.25, 0.3) is 0 Å². The fraction of sp³-hybridized carbons (Fsp3) is 0.462. The number of amides is 1. The highest BCUT2D eigenvalue weighted by atomic mass is 79.9. The molecule has 0 aromatic carbocycles. The predicted molar refractivity (Wildman–Crippen MR) is 74.9 cm³/mol. The van der Waals surface area contributed by atoms with E-state index in [1.54, 1.807) is 19.1 Å². The Labute approximate surface area is 120 Å². The molecule has 1 amide bonds. The van der Waals surface area contributed by atoms with Gasteiger partial charge in [0, 0.05) is 10.7 Å². The molecule has 1 atom stereocenters. The number of hydrogen-bond acceptors (Lipinski definition) is 3. The molecule has 0 bridgehead atoms. The summed E-state index contributed by atoms with van der Waals surface area (Å²) in [5.74, 6) is -1.33. The van der Waals surface area contributed by atoms with Gasteiger partial charge in [0.1, 0.15) is 5.69 Å². The second kappa shape index (κ2) is 6.14. The highest BCUT2D eigenvalue weighted by molar-refractivity contribution is 9.10. The van der Waals surface area contributed by atoms with Gasteiger partial charge in [-0.25, -0.2) is 4.98 Å². The molecular formula is C13H17BrN2O3. The summed E-state index contributed by atoms with van der Waals surface area (Å²) in [5.41, 5.74) is -0.544. The number of nitrogens with zero attached hydrogens (tertiary/aromatic N) is 1. The average molecular weight is 329 g/mol. The highest BCUT2D eigenvalue weighted by Crippen LogP contribution is 2.21. The van der Waals surface area contributed by atoms with Crippen LogP contribution in [0.4, 0.5) is 0 Å². The second-order valence-electron chi connectivity index (χ2n) is 4.96. The maximum Gasteiger partial charge on any atom is 0.305 e. The van der Waals surface area contributed by atoms with Crippen molar-refractivity contribution in [1.82, 2.24) is 10.3 Å². The van der Waals surface area contributed by atoms with Crippen LogP contribution in [-0.4, -0.2) is 27.5 Å². The Bertz CT molecular complexity index is 473. The Kier molecular flexibility index (Phi) is 5.05. The highest BCUT2D eigenvalue weighted by Gasteiger charge is 2.33. The van der Waals surface area contributed by atoms with Gasteiger partial charge in [0.25, 0.3) is 5.91 Å². The zero-order valence-corrected chi connectivity index (χ0v) is 12.7. The molecule has 104 valence electrons. The van der Waals surface area contributed by atoms with E-state index < -0.39 is 11.5 Å². The van der Waals surface area contributed by atoms with Crippen LogP contribution in [0.15, 0.2) is 22.8 Å². The van der Waals surface area contributed by atoms with Crippen molar-refractivity contribution < 1.29 is 14.7 Å². The van der Waals surface area contributed by atoms with Crippen LogP contribution in [0.5, 0.6) is 0 Å². The van der Waals surface area contributed by atoms with Crippen LogP contribution in [0.3, 0.4) is 0 Å². The van der Waals surface area contributed by atoms with Crippen molar-refractivity contribution in [2.24, 2.45) is 5.92 Å². The van der Waals surface area contributed by atoms with Gasteiger partial charge in [-0.2, -0.15) is 0 Å². The quantitative estimate of drug-likeness (QED) is 0.870. The third-order valence-electron chi connectivity index (χ3n) is 3.15. The van der Waals surface area contributed by atoms with Gasteiger partial charge in [0.05, 0.1) is 12.0 Å². The molecule has 0 spiro atoms. The topological polar surface area (TPSA) is 79.3 Å². The Balaban J connectivity index is 2.88. The molecule has 6 heteroatoms. The van der Waals surface area contributed by atoms with E-state index in [9.17, 15) is 9.59 Å². The lowest BCUT2D eigenvalue weighted by Crippen LogP contribution is -2.51. The monoisotopic (exact) mass is 328 g/mol. The lowest BCUT2D eigenvalue weighted by Gasteiger charge is -2.33. The number of hydrogen-bond donors (Lipinski definition) is 2. The number of halogens is 1. The molecule has 1 aromatic heterocycles. The number of carboxylic acid groups (broad SMARTS) is 1. The van der Waals surface area contributed by atoms with Crippen LogP contribution in [0.2, 0.25) is 0 Å². The number of carboxylic acids is 1. The van der Waals surface area contributed by atoms with Crippen LogP contribution in [0.1, 0.15) is 37.7 Å². The molecule has 0 saturated carbocycles. The fourth-order valence-corrected chi connectivity index (χ4v) is 1.77. The van der Waals surface area contributed by atoms with E-state index in [2.05, 4.69) is 26.2 Å². The fourth-order valence-electron chi connectivity index (χ4n) is 1.54. The summed E-state index contributed by atoms with van der Waals surface area (Å²) in [6.45, 7) is 5.47. The Hall–Kier alpha value is -1.43. The molecule has 1 heterocycles. The molecular weight excluding hydrogens is 312 g/mol. The van der Waals surface area contributed by atoms with Crippen molar-refractivity contribution in [2.75, 3.05) is 0 Å². The molecule has 0 aliphatic carbocycles. The number of rotatable bonds is 5. The SMILES string of the molecule is CC(C)C(C)(CC(=O)O)NC(=O)c1ccc(Br)cn1. The molecule has 2 N–H and O–H groups in total. The number of aromatic nitrogens is 1. The molecule has 0 aliphatic rings. The van der Waals surface area contributed by atoms with E-state index in [-0.39, 0.29) is 23.9 Å². The minimum Gasteiger partial charge on any atom is -0.481 e. The first-order valence-electron chi connectivity index (χ1n) is 5.90. The van der Waals surface area contributed by atoms with E-state index in [0.29, 0.717) is 0 Å². The molecule has 0 aliphatic heterocycles. The maximum absolute atomic E-state index is 12.1. The van der Waals surface area contributed by atoms with Crippen LogP contribution in [-0.2, 0) is 4.79 Å². The summed E-state index contributed by atoms with van der Waals surface area (Å²) in [6, 6.07) is 3.30. The van der Waals surface area contributed by atoms with Gasteiger partial charge in [-0.15, -0.1) is 0 Å². The Morgan fingerprint density at radius 1 is 1.47 bits per heavy atom. The van der Waals surface area contributed by atoms with E-state index in [4.69, 9.17) is 5.11 Å². The van der Waals surface area contributed by atoms with Gasteiger partial charge < -0.3 is 10.4 Å². The van der Waals surface area contributed by atoms with Crippen molar-refractivity contribution in [3.63, 3.8) is 0 Å². The largest absolute Gasteiger partial charge is 0.481 e. The summed E-state index contributed by atoms with van der Waals surface area (Å²) in [5, 5.41) is 11.7. The standard InChI is InChI=1S/C13H17BrN2O3/c1-8(2)13(3,6-11(17)18)16-12(19)10-5-4-9(14)7-15-10/h4-5,7-8H,6H2,1-3H3,(H,16,19)(H,17,18). The van der Waals surface area contributed by atoms with Gasteiger partial charge >= 0.3 is 5.97 Å². The van der Waals surface area contributed by atoms with Gasteiger partial charge in [0.2, 0.25) is 0 Å². The molecule has 0 fully saturated rings. The normalized spacial score (nSPS) is 13.9. The van der Waals surface area contributed by atoms with E-state index >= 15 is 0 Å². The van der Waals surface area contributed by atoms with Gasteiger partial charge in [-0.3, -0.25) is 9.59 Å². The summed E-state index contributed by atoms with van der Waals surface area (Å²) in [4.78, 5) is 27.0. The summed E-state index contributed by atoms with van der Waals surface area (Å²) >= 11 is 3.24. The molecule has 5 nitrogen and oxygen atoms in total. The zero-order valence-electron chi connectivity index (χ0n) is 11.1.